The van der Waals surface area contributed by atoms with E-state index in [1.54, 1.807) is 23.7 Å². The Balaban J connectivity index is 1.30. The van der Waals surface area contributed by atoms with Gasteiger partial charge >= 0.3 is 0 Å². The van der Waals surface area contributed by atoms with Gasteiger partial charge in [0.15, 0.2) is 0 Å². The summed E-state index contributed by atoms with van der Waals surface area (Å²) in [5.41, 5.74) is 5.52. The van der Waals surface area contributed by atoms with Crippen LogP contribution in [0.5, 0.6) is 0 Å². The van der Waals surface area contributed by atoms with E-state index in [1.165, 1.54) is 0 Å². The molecule has 34 heavy (non-hydrogen) atoms. The van der Waals surface area contributed by atoms with Crippen LogP contribution in [-0.2, 0) is 19.5 Å². The fourth-order valence-electron chi connectivity index (χ4n) is 4.36. The number of H-pyrrole nitrogens is 1. The van der Waals surface area contributed by atoms with Crippen LogP contribution in [-0.4, -0.2) is 36.2 Å². The lowest BCUT2D eigenvalue weighted by Crippen LogP contribution is -2.35. The molecule has 5 aromatic rings. The number of hydrogen-bond acceptors (Lipinski definition) is 6. The zero-order valence-electron chi connectivity index (χ0n) is 18.4. The molecule has 0 saturated heterocycles. The maximum atomic E-state index is 12.9. The first-order chi connectivity index (χ1) is 16.7. The smallest absolute Gasteiger partial charge is 0.255 e. The quantitative estimate of drug-likeness (QED) is 0.418. The molecule has 7 nitrogen and oxygen atoms in total. The third-order valence-electron chi connectivity index (χ3n) is 6.04. The van der Waals surface area contributed by atoms with E-state index in [4.69, 9.17) is 10.1 Å². The van der Waals surface area contributed by atoms with Crippen molar-refractivity contribution in [2.24, 2.45) is 0 Å². The molecule has 0 amide bonds. The van der Waals surface area contributed by atoms with Crippen LogP contribution in [0.15, 0.2) is 83.4 Å². The predicted octanol–water partition coefficient (Wildman–Crippen LogP) is 4.30. The van der Waals surface area contributed by atoms with Crippen molar-refractivity contribution in [3.05, 3.63) is 106 Å². The highest BCUT2D eigenvalue weighted by atomic mass is 32.1. The lowest BCUT2D eigenvalue weighted by Gasteiger charge is -2.27. The topological polar surface area (TPSA) is 79.7 Å². The Labute approximate surface area is 200 Å². The molecule has 0 fully saturated rings. The van der Waals surface area contributed by atoms with Crippen molar-refractivity contribution in [3.8, 4) is 27.6 Å². The Morgan fingerprint density at radius 2 is 1.97 bits per heavy atom. The molecule has 0 aliphatic carbocycles. The molecule has 8 heteroatoms. The van der Waals surface area contributed by atoms with E-state index >= 15 is 0 Å². The van der Waals surface area contributed by atoms with Crippen molar-refractivity contribution in [1.82, 2.24) is 29.6 Å². The van der Waals surface area contributed by atoms with Gasteiger partial charge in [-0.05, 0) is 35.7 Å². The molecular weight excluding hydrogens is 444 g/mol. The number of pyridine rings is 1. The fraction of sp³-hybridized carbons (Fsp3) is 0.154. The Bertz CT molecular complexity index is 1480. The molecule has 1 aliphatic rings. The standard InChI is InChI=1S/C26H22N6OS/c33-26-21-17-31(12-10-22(21)28-25(29-26)18-6-4-11-27-14-18)15-19-16-32(20-7-2-1-3-8-20)30-24(19)23-9-5-13-34-23/h1-9,11,13-14,16H,10,12,15,17H2,(H,28,29,33). The van der Waals surface area contributed by atoms with E-state index in [0.717, 1.165) is 51.6 Å². The first kappa shape index (κ1) is 20.7. The zero-order chi connectivity index (χ0) is 22.9. The predicted molar refractivity (Wildman–Crippen MR) is 133 cm³/mol. The summed E-state index contributed by atoms with van der Waals surface area (Å²) in [4.78, 5) is 28.2. The van der Waals surface area contributed by atoms with Gasteiger partial charge < -0.3 is 4.98 Å². The third kappa shape index (κ3) is 3.98. The molecular formula is C26H22N6OS. The Morgan fingerprint density at radius 1 is 1.06 bits per heavy atom. The average Bonchev–Trinajstić information content (AvgIpc) is 3.56. The van der Waals surface area contributed by atoms with Crippen LogP contribution in [0.4, 0.5) is 0 Å². The van der Waals surface area contributed by atoms with Gasteiger partial charge in [-0.15, -0.1) is 11.3 Å². The molecule has 168 valence electrons. The van der Waals surface area contributed by atoms with Gasteiger partial charge in [0.05, 0.1) is 21.8 Å². The number of rotatable bonds is 5. The van der Waals surface area contributed by atoms with Crippen molar-refractivity contribution in [1.29, 1.82) is 0 Å². The lowest BCUT2D eigenvalue weighted by atomic mass is 10.1. The highest BCUT2D eigenvalue weighted by Gasteiger charge is 2.24. The van der Waals surface area contributed by atoms with E-state index in [1.807, 2.05) is 41.1 Å². The van der Waals surface area contributed by atoms with Crippen molar-refractivity contribution < 1.29 is 0 Å². The van der Waals surface area contributed by atoms with Gasteiger partial charge in [-0.1, -0.05) is 24.3 Å². The number of fused-ring (bicyclic) bond motifs is 1. The van der Waals surface area contributed by atoms with Gasteiger partial charge in [-0.25, -0.2) is 9.67 Å². The average molecular weight is 467 g/mol. The molecule has 4 aromatic heterocycles. The van der Waals surface area contributed by atoms with Crippen LogP contribution < -0.4 is 5.56 Å². The highest BCUT2D eigenvalue weighted by Crippen LogP contribution is 2.29. The summed E-state index contributed by atoms with van der Waals surface area (Å²) in [6.07, 6.45) is 6.26. The van der Waals surface area contributed by atoms with E-state index in [-0.39, 0.29) is 5.56 Å². The summed E-state index contributed by atoms with van der Waals surface area (Å²) in [5, 5.41) is 6.98. The summed E-state index contributed by atoms with van der Waals surface area (Å²) < 4.78 is 1.94. The van der Waals surface area contributed by atoms with Gasteiger partial charge in [-0.2, -0.15) is 5.10 Å². The minimum atomic E-state index is -0.0768. The van der Waals surface area contributed by atoms with Gasteiger partial charge in [0.2, 0.25) is 0 Å². The minimum Gasteiger partial charge on any atom is -0.306 e. The second-order valence-electron chi connectivity index (χ2n) is 8.30. The van der Waals surface area contributed by atoms with E-state index in [0.29, 0.717) is 18.9 Å². The molecule has 0 unspecified atom stereocenters. The molecule has 1 N–H and O–H groups in total. The summed E-state index contributed by atoms with van der Waals surface area (Å²) in [7, 11) is 0. The minimum absolute atomic E-state index is 0.0768. The number of aromatic amines is 1. The molecule has 0 radical (unpaired) electrons. The van der Waals surface area contributed by atoms with Crippen LogP contribution >= 0.6 is 11.3 Å². The monoisotopic (exact) mass is 466 g/mol. The summed E-state index contributed by atoms with van der Waals surface area (Å²) in [6, 6.07) is 18.0. The van der Waals surface area contributed by atoms with Crippen molar-refractivity contribution in [2.45, 2.75) is 19.5 Å². The molecule has 0 bridgehead atoms. The number of benzene rings is 1. The Kier molecular flexibility index (Phi) is 5.37. The van der Waals surface area contributed by atoms with E-state index < -0.39 is 0 Å². The SMILES string of the molecule is O=c1[nH]c(-c2cccnc2)nc2c1CN(Cc1cn(-c3ccccc3)nc1-c1cccs1)CC2. The fourth-order valence-corrected chi connectivity index (χ4v) is 5.10. The van der Waals surface area contributed by atoms with E-state index in [2.05, 4.69) is 44.6 Å². The third-order valence-corrected chi connectivity index (χ3v) is 6.92. The molecule has 1 aliphatic heterocycles. The maximum absolute atomic E-state index is 12.9. The number of aromatic nitrogens is 5. The summed E-state index contributed by atoms with van der Waals surface area (Å²) in [6.45, 7) is 2.10. The van der Waals surface area contributed by atoms with Crippen LogP contribution in [0.25, 0.3) is 27.6 Å². The van der Waals surface area contributed by atoms with Gasteiger partial charge in [0.1, 0.15) is 11.5 Å². The first-order valence-corrected chi connectivity index (χ1v) is 12.1. The number of nitrogens with zero attached hydrogens (tertiary/aromatic N) is 5. The second kappa shape index (κ2) is 8.81. The van der Waals surface area contributed by atoms with Crippen molar-refractivity contribution in [3.63, 3.8) is 0 Å². The molecule has 5 heterocycles. The van der Waals surface area contributed by atoms with Gasteiger partial charge in [0, 0.05) is 55.8 Å². The summed E-state index contributed by atoms with van der Waals surface area (Å²) >= 11 is 1.69. The summed E-state index contributed by atoms with van der Waals surface area (Å²) in [5.74, 6) is 0.578. The normalized spacial score (nSPS) is 13.6. The first-order valence-electron chi connectivity index (χ1n) is 11.2. The van der Waals surface area contributed by atoms with Crippen LogP contribution in [0, 0.1) is 0 Å². The highest BCUT2D eigenvalue weighted by molar-refractivity contribution is 7.13. The number of hydrogen-bond donors (Lipinski definition) is 1. The lowest BCUT2D eigenvalue weighted by molar-refractivity contribution is 0.242. The Morgan fingerprint density at radius 3 is 2.76 bits per heavy atom. The Hall–Kier alpha value is -3.88. The second-order valence-corrected chi connectivity index (χ2v) is 9.25. The molecule has 6 rings (SSSR count). The molecule has 0 spiro atoms. The van der Waals surface area contributed by atoms with Crippen LogP contribution in [0.1, 0.15) is 16.8 Å². The van der Waals surface area contributed by atoms with Crippen LogP contribution in [0.2, 0.25) is 0 Å². The number of thiophene rings is 1. The van der Waals surface area contributed by atoms with E-state index in [9.17, 15) is 4.79 Å². The van der Waals surface area contributed by atoms with Crippen molar-refractivity contribution >= 4 is 11.3 Å². The zero-order valence-corrected chi connectivity index (χ0v) is 19.2. The van der Waals surface area contributed by atoms with Crippen LogP contribution in [0.3, 0.4) is 0 Å². The maximum Gasteiger partial charge on any atom is 0.255 e. The molecule has 0 saturated carbocycles. The van der Waals surface area contributed by atoms with Crippen molar-refractivity contribution in [2.75, 3.05) is 6.54 Å². The molecule has 1 aromatic carbocycles. The molecule has 0 atom stereocenters. The van der Waals surface area contributed by atoms with Gasteiger partial charge in [0.25, 0.3) is 5.56 Å². The number of para-hydroxylation sites is 1. The number of nitrogens with one attached hydrogen (secondary N) is 1. The van der Waals surface area contributed by atoms with Gasteiger partial charge in [-0.3, -0.25) is 14.7 Å². The largest absolute Gasteiger partial charge is 0.306 e.